The molecule has 0 aliphatic heterocycles. The van der Waals surface area contributed by atoms with Crippen molar-refractivity contribution in [1.82, 2.24) is 4.90 Å². The highest BCUT2D eigenvalue weighted by Gasteiger charge is 2.22. The van der Waals surface area contributed by atoms with Crippen molar-refractivity contribution in [1.29, 1.82) is 0 Å². The van der Waals surface area contributed by atoms with Gasteiger partial charge in [0.2, 0.25) is 0 Å². The highest BCUT2D eigenvalue weighted by atomic mass is 16.4. The highest BCUT2D eigenvalue weighted by Crippen LogP contribution is 2.16. The van der Waals surface area contributed by atoms with Crippen molar-refractivity contribution in [3.8, 4) is 0 Å². The molecule has 0 spiro atoms. The van der Waals surface area contributed by atoms with E-state index in [1.54, 1.807) is 19.9 Å². The van der Waals surface area contributed by atoms with Gasteiger partial charge < -0.3 is 14.4 Å². The Balaban J connectivity index is 2.91. The largest absolute Gasteiger partial charge is 0.480 e. The van der Waals surface area contributed by atoms with E-state index in [9.17, 15) is 9.59 Å². The monoisotopic (exact) mass is 239 g/mol. The van der Waals surface area contributed by atoms with Crippen molar-refractivity contribution in [2.75, 3.05) is 13.1 Å². The SMILES string of the molecule is CCCN(CC(=O)O)C(=O)c1oc(C)cc1C. The molecule has 5 heteroatoms. The van der Waals surface area contributed by atoms with Crippen LogP contribution < -0.4 is 0 Å². The van der Waals surface area contributed by atoms with E-state index in [-0.39, 0.29) is 18.2 Å². The molecule has 0 aliphatic carbocycles. The van der Waals surface area contributed by atoms with Crippen molar-refractivity contribution in [3.05, 3.63) is 23.2 Å². The lowest BCUT2D eigenvalue weighted by molar-refractivity contribution is -0.137. The number of rotatable bonds is 5. The Morgan fingerprint density at radius 1 is 1.41 bits per heavy atom. The van der Waals surface area contributed by atoms with Crippen molar-refractivity contribution in [3.63, 3.8) is 0 Å². The maximum Gasteiger partial charge on any atom is 0.323 e. The van der Waals surface area contributed by atoms with E-state index in [2.05, 4.69) is 0 Å². The van der Waals surface area contributed by atoms with Crippen LogP contribution in [-0.2, 0) is 4.79 Å². The molecule has 5 nitrogen and oxygen atoms in total. The summed E-state index contributed by atoms with van der Waals surface area (Å²) in [6.07, 6.45) is 0.706. The number of carbonyl (C=O) groups excluding carboxylic acids is 1. The Labute approximate surface area is 100 Å². The number of hydrogen-bond acceptors (Lipinski definition) is 3. The van der Waals surface area contributed by atoms with Crippen LogP contribution in [0.4, 0.5) is 0 Å². The van der Waals surface area contributed by atoms with Gasteiger partial charge in [0.15, 0.2) is 5.76 Å². The van der Waals surface area contributed by atoms with Gasteiger partial charge in [0.1, 0.15) is 12.3 Å². The smallest absolute Gasteiger partial charge is 0.323 e. The molecule has 0 aromatic carbocycles. The third-order valence-electron chi connectivity index (χ3n) is 2.34. The first kappa shape index (κ1) is 13.3. The first-order chi connectivity index (χ1) is 7.95. The number of carbonyl (C=O) groups is 2. The Kier molecular flexibility index (Phi) is 4.31. The number of aliphatic carboxylic acids is 1. The maximum atomic E-state index is 12.1. The van der Waals surface area contributed by atoms with Crippen LogP contribution in [-0.4, -0.2) is 35.0 Å². The molecule has 0 saturated carbocycles. The van der Waals surface area contributed by atoms with Crippen molar-refractivity contribution in [2.45, 2.75) is 27.2 Å². The molecule has 94 valence electrons. The molecule has 1 aromatic rings. The summed E-state index contributed by atoms with van der Waals surface area (Å²) in [4.78, 5) is 24.0. The number of hydrogen-bond donors (Lipinski definition) is 1. The standard InChI is InChI=1S/C12H17NO4/c1-4-5-13(7-10(14)15)12(16)11-8(2)6-9(3)17-11/h6H,4-5,7H2,1-3H3,(H,14,15). The summed E-state index contributed by atoms with van der Waals surface area (Å²) in [5, 5.41) is 8.76. The first-order valence-electron chi connectivity index (χ1n) is 5.53. The Hall–Kier alpha value is -1.78. The maximum absolute atomic E-state index is 12.1. The lowest BCUT2D eigenvalue weighted by atomic mass is 10.2. The fourth-order valence-corrected chi connectivity index (χ4v) is 1.68. The van der Waals surface area contributed by atoms with E-state index < -0.39 is 5.97 Å². The van der Waals surface area contributed by atoms with Crippen LogP contribution in [0.25, 0.3) is 0 Å². The van der Waals surface area contributed by atoms with Gasteiger partial charge in [-0.15, -0.1) is 0 Å². The number of aryl methyl sites for hydroxylation is 2. The average Bonchev–Trinajstić information content (AvgIpc) is 2.55. The van der Waals surface area contributed by atoms with Crippen LogP contribution in [0.15, 0.2) is 10.5 Å². The fraction of sp³-hybridized carbons (Fsp3) is 0.500. The zero-order valence-corrected chi connectivity index (χ0v) is 10.3. The van der Waals surface area contributed by atoms with Gasteiger partial charge in [-0.25, -0.2) is 0 Å². The van der Waals surface area contributed by atoms with Crippen LogP contribution in [0.3, 0.4) is 0 Å². The van der Waals surface area contributed by atoms with E-state index in [4.69, 9.17) is 9.52 Å². The fourth-order valence-electron chi connectivity index (χ4n) is 1.68. The molecular weight excluding hydrogens is 222 g/mol. The summed E-state index contributed by atoms with van der Waals surface area (Å²) in [5.74, 6) is -0.498. The van der Waals surface area contributed by atoms with Gasteiger partial charge in [-0.1, -0.05) is 6.92 Å². The van der Waals surface area contributed by atoms with Gasteiger partial charge in [0.25, 0.3) is 5.91 Å². The number of furan rings is 1. The molecule has 1 heterocycles. The van der Waals surface area contributed by atoms with Crippen molar-refractivity contribution in [2.24, 2.45) is 0 Å². The molecule has 1 rings (SSSR count). The van der Waals surface area contributed by atoms with E-state index in [1.807, 2.05) is 6.92 Å². The van der Waals surface area contributed by atoms with Crippen LogP contribution in [0.5, 0.6) is 0 Å². The zero-order valence-electron chi connectivity index (χ0n) is 10.3. The van der Waals surface area contributed by atoms with E-state index in [0.717, 1.165) is 5.56 Å². The van der Waals surface area contributed by atoms with E-state index in [0.29, 0.717) is 18.7 Å². The Bertz CT molecular complexity index is 422. The molecule has 0 aliphatic rings. The van der Waals surface area contributed by atoms with Gasteiger partial charge >= 0.3 is 5.97 Å². The van der Waals surface area contributed by atoms with Crippen molar-refractivity contribution < 1.29 is 19.1 Å². The predicted octanol–water partition coefficient (Wildman–Crippen LogP) is 1.83. The predicted molar refractivity (Wildman–Crippen MR) is 62.0 cm³/mol. The molecule has 0 saturated heterocycles. The summed E-state index contributed by atoms with van der Waals surface area (Å²) in [7, 11) is 0. The summed E-state index contributed by atoms with van der Waals surface area (Å²) >= 11 is 0. The van der Waals surface area contributed by atoms with Crippen LogP contribution in [0.2, 0.25) is 0 Å². The second kappa shape index (κ2) is 5.52. The number of nitrogens with zero attached hydrogens (tertiary/aromatic N) is 1. The lowest BCUT2D eigenvalue weighted by Crippen LogP contribution is -2.36. The summed E-state index contributed by atoms with van der Waals surface area (Å²) < 4.78 is 5.30. The Morgan fingerprint density at radius 3 is 2.47 bits per heavy atom. The normalized spacial score (nSPS) is 10.3. The second-order valence-electron chi connectivity index (χ2n) is 3.99. The second-order valence-corrected chi connectivity index (χ2v) is 3.99. The lowest BCUT2D eigenvalue weighted by Gasteiger charge is -2.18. The molecule has 0 unspecified atom stereocenters. The minimum Gasteiger partial charge on any atom is -0.480 e. The van der Waals surface area contributed by atoms with Gasteiger partial charge in [0.05, 0.1) is 0 Å². The summed E-state index contributed by atoms with van der Waals surface area (Å²) in [6.45, 7) is 5.53. The van der Waals surface area contributed by atoms with Crippen molar-refractivity contribution >= 4 is 11.9 Å². The van der Waals surface area contributed by atoms with Crippen LogP contribution >= 0.6 is 0 Å². The van der Waals surface area contributed by atoms with Gasteiger partial charge in [-0.3, -0.25) is 9.59 Å². The molecular formula is C12H17NO4. The number of amides is 1. The third kappa shape index (κ3) is 3.34. The summed E-state index contributed by atoms with van der Waals surface area (Å²) in [5.41, 5.74) is 0.735. The molecule has 17 heavy (non-hydrogen) atoms. The third-order valence-corrected chi connectivity index (χ3v) is 2.34. The minimum absolute atomic E-state index is 0.234. The molecule has 1 N–H and O–H groups in total. The van der Waals surface area contributed by atoms with E-state index in [1.165, 1.54) is 4.90 Å². The molecule has 0 bridgehead atoms. The molecule has 0 radical (unpaired) electrons. The van der Waals surface area contributed by atoms with Gasteiger partial charge in [-0.2, -0.15) is 0 Å². The summed E-state index contributed by atoms with van der Waals surface area (Å²) in [6, 6.07) is 1.76. The highest BCUT2D eigenvalue weighted by molar-refractivity contribution is 5.94. The Morgan fingerprint density at radius 2 is 2.06 bits per heavy atom. The zero-order chi connectivity index (χ0) is 13.0. The van der Waals surface area contributed by atoms with Gasteiger partial charge in [0, 0.05) is 12.1 Å². The quantitative estimate of drug-likeness (QED) is 0.851. The van der Waals surface area contributed by atoms with Crippen LogP contribution in [0.1, 0.15) is 35.2 Å². The first-order valence-corrected chi connectivity index (χ1v) is 5.53. The minimum atomic E-state index is -1.02. The van der Waals surface area contributed by atoms with Crippen LogP contribution in [0, 0.1) is 13.8 Å². The number of carboxylic acids is 1. The molecule has 0 fully saturated rings. The molecule has 1 aromatic heterocycles. The average molecular weight is 239 g/mol. The van der Waals surface area contributed by atoms with E-state index >= 15 is 0 Å². The molecule has 1 amide bonds. The number of carboxylic acid groups (broad SMARTS) is 1. The molecule has 0 atom stereocenters. The van der Waals surface area contributed by atoms with Gasteiger partial charge in [-0.05, 0) is 26.3 Å². The topological polar surface area (TPSA) is 70.8 Å².